The zero-order valence-corrected chi connectivity index (χ0v) is 17.2. The van der Waals surface area contributed by atoms with E-state index in [4.69, 9.17) is 4.74 Å². The molecule has 1 N–H and O–H groups in total. The topological polar surface area (TPSA) is 58.6 Å². The maximum absolute atomic E-state index is 13.1. The predicted molar refractivity (Wildman–Crippen MR) is 114 cm³/mol. The van der Waals surface area contributed by atoms with Crippen LogP contribution in [0, 0.1) is 11.7 Å². The normalized spacial score (nSPS) is 17.9. The summed E-state index contributed by atoms with van der Waals surface area (Å²) in [5, 5.41) is 2.84. The van der Waals surface area contributed by atoms with Crippen LogP contribution in [-0.2, 0) is 20.7 Å². The van der Waals surface area contributed by atoms with Gasteiger partial charge in [-0.15, -0.1) is 0 Å². The molecule has 0 spiro atoms. The zero-order valence-electron chi connectivity index (χ0n) is 17.2. The minimum absolute atomic E-state index is 0.0322. The van der Waals surface area contributed by atoms with Gasteiger partial charge in [-0.2, -0.15) is 0 Å². The first-order valence-corrected chi connectivity index (χ1v) is 10.6. The van der Waals surface area contributed by atoms with Crippen LogP contribution in [0.1, 0.15) is 43.2 Å². The van der Waals surface area contributed by atoms with Crippen molar-refractivity contribution in [1.82, 2.24) is 0 Å². The number of halogens is 1. The minimum Gasteiger partial charge on any atom is -0.381 e. The van der Waals surface area contributed by atoms with E-state index in [2.05, 4.69) is 5.32 Å². The number of rotatable bonds is 4. The van der Waals surface area contributed by atoms with Crippen LogP contribution in [-0.4, -0.2) is 31.6 Å². The molecule has 30 heavy (non-hydrogen) atoms. The van der Waals surface area contributed by atoms with Crippen molar-refractivity contribution in [2.75, 3.05) is 30.0 Å². The Morgan fingerprint density at radius 3 is 2.60 bits per heavy atom. The third-order valence-corrected chi connectivity index (χ3v) is 6.06. The Morgan fingerprint density at radius 2 is 1.87 bits per heavy atom. The third kappa shape index (κ3) is 4.38. The quantitative estimate of drug-likeness (QED) is 0.819. The van der Waals surface area contributed by atoms with Crippen LogP contribution < -0.4 is 10.2 Å². The Balaban J connectivity index is 1.49. The van der Waals surface area contributed by atoms with E-state index >= 15 is 0 Å². The van der Waals surface area contributed by atoms with Crippen molar-refractivity contribution in [1.29, 1.82) is 0 Å². The molecule has 1 unspecified atom stereocenters. The van der Waals surface area contributed by atoms with Gasteiger partial charge in [0.05, 0.1) is 5.92 Å². The van der Waals surface area contributed by atoms with Gasteiger partial charge in [0.25, 0.3) is 0 Å². The fourth-order valence-corrected chi connectivity index (χ4v) is 4.22. The Bertz CT molecular complexity index is 923. The fraction of sp³-hybridized carbons (Fsp3) is 0.417. The molecule has 2 aromatic carbocycles. The molecule has 6 heteroatoms. The molecule has 0 saturated carbocycles. The smallest absolute Gasteiger partial charge is 0.231 e. The lowest BCUT2D eigenvalue weighted by Crippen LogP contribution is -2.41. The number of hydrogen-bond acceptors (Lipinski definition) is 3. The average Bonchev–Trinajstić information content (AvgIpc) is 2.79. The summed E-state index contributed by atoms with van der Waals surface area (Å²) in [6.07, 6.45) is 3.38. The van der Waals surface area contributed by atoms with Crippen molar-refractivity contribution in [2.45, 2.75) is 38.5 Å². The van der Waals surface area contributed by atoms with E-state index in [0.29, 0.717) is 18.9 Å². The summed E-state index contributed by atoms with van der Waals surface area (Å²) < 4.78 is 18.5. The van der Waals surface area contributed by atoms with Crippen molar-refractivity contribution >= 4 is 23.2 Å². The van der Waals surface area contributed by atoms with Crippen LogP contribution >= 0.6 is 0 Å². The standard InChI is InChI=1S/C24H27FN2O3/c1-16(23(28)26-21-7-5-20(25)6-8-21)18-4-9-22-19(15-18)3-2-12-27(22)24(29)17-10-13-30-14-11-17/h4-9,15-17H,2-3,10-14H2,1H3,(H,26,28). The number of amides is 2. The Kier molecular flexibility index (Phi) is 6.13. The van der Waals surface area contributed by atoms with E-state index in [1.165, 1.54) is 12.1 Å². The van der Waals surface area contributed by atoms with E-state index < -0.39 is 0 Å². The van der Waals surface area contributed by atoms with Crippen LogP contribution in [0.3, 0.4) is 0 Å². The highest BCUT2D eigenvalue weighted by Gasteiger charge is 2.30. The van der Waals surface area contributed by atoms with Crippen LogP contribution in [0.15, 0.2) is 42.5 Å². The largest absolute Gasteiger partial charge is 0.381 e. The van der Waals surface area contributed by atoms with Crippen LogP contribution in [0.25, 0.3) is 0 Å². The summed E-state index contributed by atoms with van der Waals surface area (Å²) >= 11 is 0. The van der Waals surface area contributed by atoms with Gasteiger partial charge in [0.1, 0.15) is 5.82 Å². The molecule has 1 atom stereocenters. The van der Waals surface area contributed by atoms with Gasteiger partial charge in [-0.05, 0) is 74.1 Å². The molecule has 0 radical (unpaired) electrons. The first-order valence-electron chi connectivity index (χ1n) is 10.6. The lowest BCUT2D eigenvalue weighted by Gasteiger charge is -2.34. The van der Waals surface area contributed by atoms with E-state index in [1.54, 1.807) is 12.1 Å². The third-order valence-electron chi connectivity index (χ3n) is 6.06. The minimum atomic E-state index is -0.359. The molecule has 158 valence electrons. The number of benzene rings is 2. The molecular formula is C24H27FN2O3. The van der Waals surface area contributed by atoms with E-state index in [9.17, 15) is 14.0 Å². The van der Waals surface area contributed by atoms with Crippen molar-refractivity contribution in [3.63, 3.8) is 0 Å². The van der Waals surface area contributed by atoms with E-state index in [1.807, 2.05) is 30.0 Å². The zero-order chi connectivity index (χ0) is 21.1. The predicted octanol–water partition coefficient (Wildman–Crippen LogP) is 4.27. The van der Waals surface area contributed by atoms with Gasteiger partial charge in [-0.1, -0.05) is 12.1 Å². The number of aryl methyl sites for hydroxylation is 1. The molecule has 0 aliphatic carbocycles. The second-order valence-electron chi connectivity index (χ2n) is 8.09. The van der Waals surface area contributed by atoms with Crippen LogP contribution in [0.4, 0.5) is 15.8 Å². The monoisotopic (exact) mass is 410 g/mol. The summed E-state index contributed by atoms with van der Waals surface area (Å²) in [5.74, 6) is -0.621. The van der Waals surface area contributed by atoms with Crippen molar-refractivity contribution in [3.05, 3.63) is 59.4 Å². The molecule has 4 rings (SSSR count). The second-order valence-corrected chi connectivity index (χ2v) is 8.09. The van der Waals surface area contributed by atoms with Gasteiger partial charge >= 0.3 is 0 Å². The van der Waals surface area contributed by atoms with Gasteiger partial charge in [0.15, 0.2) is 0 Å². The number of ether oxygens (including phenoxy) is 1. The number of fused-ring (bicyclic) bond motifs is 1. The van der Waals surface area contributed by atoms with Crippen molar-refractivity contribution in [3.8, 4) is 0 Å². The second kappa shape index (κ2) is 8.96. The highest BCUT2D eigenvalue weighted by Crippen LogP contribution is 2.33. The first-order chi connectivity index (χ1) is 14.5. The molecule has 5 nitrogen and oxygen atoms in total. The maximum Gasteiger partial charge on any atom is 0.231 e. The maximum atomic E-state index is 13.1. The van der Waals surface area contributed by atoms with Gasteiger partial charge in [-0.25, -0.2) is 4.39 Å². The lowest BCUT2D eigenvalue weighted by molar-refractivity contribution is -0.125. The molecule has 2 amide bonds. The van der Waals surface area contributed by atoms with Gasteiger partial charge in [0, 0.05) is 37.1 Å². The lowest BCUT2D eigenvalue weighted by atomic mass is 9.91. The van der Waals surface area contributed by atoms with Crippen molar-refractivity contribution < 1.29 is 18.7 Å². The summed E-state index contributed by atoms with van der Waals surface area (Å²) in [6, 6.07) is 11.7. The number of anilines is 2. The molecule has 0 bridgehead atoms. The molecule has 2 heterocycles. The Morgan fingerprint density at radius 1 is 1.13 bits per heavy atom. The molecule has 2 aliphatic rings. The first kappa shape index (κ1) is 20.5. The van der Waals surface area contributed by atoms with Crippen LogP contribution in [0.5, 0.6) is 0 Å². The molecule has 0 aromatic heterocycles. The Labute approximate surface area is 176 Å². The summed E-state index contributed by atoms with van der Waals surface area (Å²) in [5.41, 5.74) is 3.56. The summed E-state index contributed by atoms with van der Waals surface area (Å²) in [4.78, 5) is 27.6. The van der Waals surface area contributed by atoms with E-state index in [-0.39, 0.29) is 29.5 Å². The molecule has 2 aromatic rings. The highest BCUT2D eigenvalue weighted by molar-refractivity contribution is 5.97. The number of carbonyl (C=O) groups excluding carboxylic acids is 2. The fourth-order valence-electron chi connectivity index (χ4n) is 4.22. The van der Waals surface area contributed by atoms with Crippen LogP contribution in [0.2, 0.25) is 0 Å². The number of carbonyl (C=O) groups is 2. The average molecular weight is 410 g/mol. The van der Waals surface area contributed by atoms with E-state index in [0.717, 1.165) is 49.0 Å². The molecule has 1 fully saturated rings. The SMILES string of the molecule is CC(C(=O)Nc1ccc(F)cc1)c1ccc2c(c1)CCCN2C(=O)C1CCOCC1. The summed E-state index contributed by atoms with van der Waals surface area (Å²) in [7, 11) is 0. The number of nitrogens with zero attached hydrogens (tertiary/aromatic N) is 1. The summed E-state index contributed by atoms with van der Waals surface area (Å²) in [6.45, 7) is 3.89. The van der Waals surface area contributed by atoms with Gasteiger partial charge in [-0.3, -0.25) is 9.59 Å². The van der Waals surface area contributed by atoms with Gasteiger partial charge < -0.3 is 15.0 Å². The van der Waals surface area contributed by atoms with Gasteiger partial charge in [0.2, 0.25) is 11.8 Å². The molecule has 2 aliphatic heterocycles. The number of hydrogen-bond donors (Lipinski definition) is 1. The number of nitrogens with one attached hydrogen (secondary N) is 1. The van der Waals surface area contributed by atoms with Crippen molar-refractivity contribution in [2.24, 2.45) is 5.92 Å². The highest BCUT2D eigenvalue weighted by atomic mass is 19.1. The molecular weight excluding hydrogens is 383 g/mol. The Hall–Kier alpha value is -2.73. The molecule has 1 saturated heterocycles.